The lowest BCUT2D eigenvalue weighted by Crippen LogP contribution is -2.15. The molecule has 0 amide bonds. The number of nitrogen functional groups attached to an aromatic ring is 1. The quantitative estimate of drug-likeness (QED) is 0.867. The molecule has 0 aliphatic rings. The van der Waals surface area contributed by atoms with Crippen LogP contribution in [-0.2, 0) is 11.3 Å². The number of ether oxygens (including phenoxy) is 1. The first-order valence-corrected chi connectivity index (χ1v) is 6.51. The largest absolute Gasteiger partial charge is 0.465 e. The van der Waals surface area contributed by atoms with Crippen molar-refractivity contribution in [2.75, 3.05) is 24.8 Å². The highest BCUT2D eigenvalue weighted by Crippen LogP contribution is 2.32. The van der Waals surface area contributed by atoms with Gasteiger partial charge in [0.25, 0.3) is 0 Å². The zero-order chi connectivity index (χ0) is 13.8. The first kappa shape index (κ1) is 13.4. The second kappa shape index (κ2) is 5.71. The molecule has 2 heterocycles. The number of carbonyl (C=O) groups excluding carboxylic acids is 1. The Hall–Kier alpha value is -2.08. The monoisotopic (exact) mass is 277 g/mol. The van der Waals surface area contributed by atoms with E-state index in [0.29, 0.717) is 17.1 Å². The summed E-state index contributed by atoms with van der Waals surface area (Å²) in [7, 11) is 3.29. The fourth-order valence-electron chi connectivity index (χ4n) is 1.68. The van der Waals surface area contributed by atoms with E-state index in [1.54, 1.807) is 12.3 Å². The number of hydrogen-bond acceptors (Lipinski definition) is 6. The van der Waals surface area contributed by atoms with Crippen molar-refractivity contribution in [1.82, 2.24) is 4.98 Å². The summed E-state index contributed by atoms with van der Waals surface area (Å²) in [5.41, 5.74) is 7.36. The van der Waals surface area contributed by atoms with Crippen LogP contribution in [0, 0.1) is 0 Å². The Kier molecular flexibility index (Phi) is 4.01. The van der Waals surface area contributed by atoms with Crippen LogP contribution in [0.2, 0.25) is 0 Å². The molecule has 0 aliphatic carbocycles. The molecule has 6 heteroatoms. The maximum Gasteiger partial charge on any atom is 0.350 e. The van der Waals surface area contributed by atoms with E-state index >= 15 is 0 Å². The third-order valence-corrected chi connectivity index (χ3v) is 3.88. The molecule has 0 aromatic carbocycles. The number of thiophene rings is 1. The molecule has 0 saturated heterocycles. The number of esters is 1. The Morgan fingerprint density at radius 3 is 3.00 bits per heavy atom. The van der Waals surface area contributed by atoms with E-state index in [9.17, 15) is 4.79 Å². The molecule has 0 atom stereocenters. The molecular weight excluding hydrogens is 262 g/mol. The minimum absolute atomic E-state index is 0.400. The van der Waals surface area contributed by atoms with Gasteiger partial charge < -0.3 is 15.4 Å². The number of carbonyl (C=O) groups is 1. The van der Waals surface area contributed by atoms with Gasteiger partial charge in [0, 0.05) is 26.0 Å². The van der Waals surface area contributed by atoms with Crippen LogP contribution in [-0.4, -0.2) is 25.1 Å². The van der Waals surface area contributed by atoms with E-state index in [1.807, 2.05) is 30.3 Å². The Morgan fingerprint density at radius 1 is 1.58 bits per heavy atom. The van der Waals surface area contributed by atoms with Gasteiger partial charge in [-0.1, -0.05) is 6.07 Å². The normalized spacial score (nSPS) is 10.2. The Balaban J connectivity index is 2.16. The summed E-state index contributed by atoms with van der Waals surface area (Å²) in [6.45, 7) is 0.703. The van der Waals surface area contributed by atoms with Gasteiger partial charge in [-0.25, -0.2) is 4.79 Å². The minimum Gasteiger partial charge on any atom is -0.465 e. The number of anilines is 2. The maximum absolute atomic E-state index is 11.5. The summed E-state index contributed by atoms with van der Waals surface area (Å²) >= 11 is 1.33. The summed E-state index contributed by atoms with van der Waals surface area (Å²) < 4.78 is 4.69. The standard InChI is InChI=1S/C13H15N3O2S/c1-16(8-9-4-3-5-15-7-9)11-6-10(14)12(19-11)13(17)18-2/h3-7H,8,14H2,1-2H3. The van der Waals surface area contributed by atoms with Crippen molar-refractivity contribution in [3.8, 4) is 0 Å². The molecule has 0 saturated carbocycles. The number of nitrogens with two attached hydrogens (primary N) is 1. The molecule has 5 nitrogen and oxygen atoms in total. The van der Waals surface area contributed by atoms with Crippen molar-refractivity contribution in [1.29, 1.82) is 0 Å². The number of rotatable bonds is 4. The van der Waals surface area contributed by atoms with Gasteiger partial charge in [-0.15, -0.1) is 11.3 Å². The molecule has 19 heavy (non-hydrogen) atoms. The van der Waals surface area contributed by atoms with E-state index in [0.717, 1.165) is 10.6 Å². The molecule has 0 spiro atoms. The molecule has 0 fully saturated rings. The molecule has 2 aromatic rings. The summed E-state index contributed by atoms with van der Waals surface area (Å²) in [6, 6.07) is 5.68. The summed E-state index contributed by atoms with van der Waals surface area (Å²) in [4.78, 5) is 18.0. The van der Waals surface area contributed by atoms with E-state index in [1.165, 1.54) is 18.4 Å². The van der Waals surface area contributed by atoms with E-state index in [2.05, 4.69) is 4.98 Å². The van der Waals surface area contributed by atoms with Crippen molar-refractivity contribution in [3.05, 3.63) is 41.0 Å². The van der Waals surface area contributed by atoms with Crippen molar-refractivity contribution in [3.63, 3.8) is 0 Å². The van der Waals surface area contributed by atoms with Crippen LogP contribution in [0.4, 0.5) is 10.7 Å². The van der Waals surface area contributed by atoms with Gasteiger partial charge >= 0.3 is 5.97 Å². The number of methoxy groups -OCH3 is 1. The second-order valence-electron chi connectivity index (χ2n) is 4.08. The van der Waals surface area contributed by atoms with E-state index in [4.69, 9.17) is 10.5 Å². The lowest BCUT2D eigenvalue weighted by molar-refractivity contribution is 0.0607. The van der Waals surface area contributed by atoms with Crippen molar-refractivity contribution in [2.45, 2.75) is 6.54 Å². The van der Waals surface area contributed by atoms with Gasteiger partial charge in [-0.3, -0.25) is 4.98 Å². The van der Waals surface area contributed by atoms with Crippen LogP contribution >= 0.6 is 11.3 Å². The first-order valence-electron chi connectivity index (χ1n) is 5.69. The Labute approximate surface area is 115 Å². The molecule has 2 aromatic heterocycles. The highest BCUT2D eigenvalue weighted by atomic mass is 32.1. The summed E-state index contributed by atoms with van der Waals surface area (Å²) in [5.74, 6) is -0.400. The number of nitrogens with zero attached hydrogens (tertiary/aromatic N) is 2. The highest BCUT2D eigenvalue weighted by molar-refractivity contribution is 7.18. The maximum atomic E-state index is 11.5. The third-order valence-electron chi connectivity index (χ3n) is 2.64. The SMILES string of the molecule is COC(=O)c1sc(N(C)Cc2cccnc2)cc1N. The van der Waals surface area contributed by atoms with Crippen LogP contribution in [0.1, 0.15) is 15.2 Å². The predicted molar refractivity (Wildman–Crippen MR) is 76.4 cm³/mol. The van der Waals surface area contributed by atoms with Crippen LogP contribution < -0.4 is 10.6 Å². The van der Waals surface area contributed by atoms with Gasteiger partial charge in [-0.2, -0.15) is 0 Å². The number of pyridine rings is 1. The van der Waals surface area contributed by atoms with Gasteiger partial charge in [-0.05, 0) is 17.7 Å². The van der Waals surface area contributed by atoms with Crippen LogP contribution in [0.5, 0.6) is 0 Å². The lowest BCUT2D eigenvalue weighted by atomic mass is 10.3. The summed E-state index contributed by atoms with van der Waals surface area (Å²) in [5, 5.41) is 0.918. The zero-order valence-corrected chi connectivity index (χ0v) is 11.6. The predicted octanol–water partition coefficient (Wildman–Crippen LogP) is 2.15. The highest BCUT2D eigenvalue weighted by Gasteiger charge is 2.16. The van der Waals surface area contributed by atoms with Crippen molar-refractivity contribution >= 4 is 28.0 Å². The number of hydrogen-bond donors (Lipinski definition) is 1. The Morgan fingerprint density at radius 2 is 2.37 bits per heavy atom. The number of aromatic nitrogens is 1. The molecular formula is C13H15N3O2S. The topological polar surface area (TPSA) is 68.5 Å². The first-order chi connectivity index (χ1) is 9.11. The van der Waals surface area contributed by atoms with Crippen LogP contribution in [0.25, 0.3) is 0 Å². The smallest absolute Gasteiger partial charge is 0.350 e. The molecule has 2 rings (SSSR count). The molecule has 0 radical (unpaired) electrons. The fourth-order valence-corrected chi connectivity index (χ4v) is 2.63. The van der Waals surface area contributed by atoms with Gasteiger partial charge in [0.1, 0.15) is 4.88 Å². The van der Waals surface area contributed by atoms with Crippen molar-refractivity contribution < 1.29 is 9.53 Å². The van der Waals surface area contributed by atoms with Gasteiger partial charge in [0.2, 0.25) is 0 Å². The third kappa shape index (κ3) is 3.03. The summed E-state index contributed by atoms with van der Waals surface area (Å²) in [6.07, 6.45) is 3.55. The minimum atomic E-state index is -0.400. The molecule has 0 aliphatic heterocycles. The lowest BCUT2D eigenvalue weighted by Gasteiger charge is -2.16. The fraction of sp³-hybridized carbons (Fsp3) is 0.231. The second-order valence-corrected chi connectivity index (χ2v) is 5.11. The van der Waals surface area contributed by atoms with E-state index in [-0.39, 0.29) is 0 Å². The Bertz CT molecular complexity index is 569. The molecule has 100 valence electrons. The van der Waals surface area contributed by atoms with Crippen molar-refractivity contribution in [2.24, 2.45) is 0 Å². The van der Waals surface area contributed by atoms with Gasteiger partial charge in [0.15, 0.2) is 0 Å². The molecule has 2 N–H and O–H groups in total. The van der Waals surface area contributed by atoms with Crippen LogP contribution in [0.3, 0.4) is 0 Å². The van der Waals surface area contributed by atoms with E-state index < -0.39 is 5.97 Å². The van der Waals surface area contributed by atoms with Gasteiger partial charge in [0.05, 0.1) is 17.8 Å². The average Bonchev–Trinajstić information content (AvgIpc) is 2.81. The van der Waals surface area contributed by atoms with Crippen LogP contribution in [0.15, 0.2) is 30.6 Å². The average molecular weight is 277 g/mol. The molecule has 0 bridgehead atoms. The molecule has 0 unspecified atom stereocenters. The zero-order valence-electron chi connectivity index (χ0n) is 10.8.